The normalized spacial score (nSPS) is 10.8. The summed E-state index contributed by atoms with van der Waals surface area (Å²) >= 11 is 5.24. The van der Waals surface area contributed by atoms with Crippen molar-refractivity contribution >= 4 is 28.1 Å². The highest BCUT2D eigenvalue weighted by Gasteiger charge is 2.03. The highest BCUT2D eigenvalue weighted by atomic mass is 32.1. The predicted molar refractivity (Wildman–Crippen MR) is 92.8 cm³/mol. The summed E-state index contributed by atoms with van der Waals surface area (Å²) < 4.78 is 0. The molecule has 0 fully saturated rings. The average molecular weight is 302 g/mol. The molecule has 3 N–H and O–H groups in total. The summed E-state index contributed by atoms with van der Waals surface area (Å²) in [6.45, 7) is 5.96. The minimum atomic E-state index is 0.303. The van der Waals surface area contributed by atoms with E-state index in [0.29, 0.717) is 16.8 Å². The highest BCUT2D eigenvalue weighted by Crippen LogP contribution is 2.23. The van der Waals surface area contributed by atoms with Crippen molar-refractivity contribution in [3.05, 3.63) is 42.0 Å². The summed E-state index contributed by atoms with van der Waals surface area (Å²) in [5.41, 5.74) is 1.21. The molecule has 3 nitrogen and oxygen atoms in total. The number of fused-ring (bicyclic) bond motifs is 1. The van der Waals surface area contributed by atoms with Crippen molar-refractivity contribution in [2.75, 3.05) is 13.1 Å². The molecule has 0 aliphatic carbocycles. The van der Waals surface area contributed by atoms with Crippen LogP contribution in [0.15, 0.2) is 36.4 Å². The Bertz CT molecular complexity index is 625. The molecule has 0 atom stereocenters. The molecular formula is C17H22N2OS. The fourth-order valence-electron chi connectivity index (χ4n) is 2.21. The van der Waals surface area contributed by atoms with Crippen LogP contribution in [0.4, 0.5) is 0 Å². The van der Waals surface area contributed by atoms with E-state index >= 15 is 0 Å². The highest BCUT2D eigenvalue weighted by molar-refractivity contribution is 7.80. The van der Waals surface area contributed by atoms with E-state index in [2.05, 4.69) is 36.6 Å². The molecule has 0 bridgehead atoms. The van der Waals surface area contributed by atoms with E-state index in [1.54, 1.807) is 6.07 Å². The van der Waals surface area contributed by atoms with E-state index in [1.807, 2.05) is 18.2 Å². The van der Waals surface area contributed by atoms with Gasteiger partial charge in [0.2, 0.25) is 0 Å². The summed E-state index contributed by atoms with van der Waals surface area (Å²) in [4.78, 5) is 0. The molecule has 0 spiro atoms. The number of benzene rings is 2. The molecule has 4 heteroatoms. The van der Waals surface area contributed by atoms with Gasteiger partial charge in [-0.15, -0.1) is 0 Å². The lowest BCUT2D eigenvalue weighted by molar-refractivity contribution is 0.476. The number of hydrogen-bond acceptors (Lipinski definition) is 2. The smallest absolute Gasteiger partial charge is 0.166 e. The number of thiocarbonyl (C=S) groups is 1. The Morgan fingerprint density at radius 1 is 1.19 bits per heavy atom. The van der Waals surface area contributed by atoms with Crippen molar-refractivity contribution in [2.45, 2.75) is 20.3 Å². The zero-order valence-corrected chi connectivity index (χ0v) is 13.3. The van der Waals surface area contributed by atoms with Gasteiger partial charge in [0.1, 0.15) is 5.75 Å². The van der Waals surface area contributed by atoms with Gasteiger partial charge in [-0.1, -0.05) is 38.1 Å². The minimum Gasteiger partial charge on any atom is -0.508 e. The van der Waals surface area contributed by atoms with Crippen LogP contribution in [0.25, 0.3) is 10.8 Å². The molecule has 0 saturated carbocycles. The molecule has 0 aliphatic heterocycles. The van der Waals surface area contributed by atoms with Crippen molar-refractivity contribution in [1.29, 1.82) is 0 Å². The van der Waals surface area contributed by atoms with Crippen LogP contribution >= 0.6 is 12.2 Å². The first kappa shape index (κ1) is 15.6. The zero-order chi connectivity index (χ0) is 15.2. The van der Waals surface area contributed by atoms with E-state index in [0.717, 1.165) is 30.3 Å². The Hall–Kier alpha value is -1.81. The fraction of sp³-hybridized carbons (Fsp3) is 0.353. The first-order valence-corrected chi connectivity index (χ1v) is 7.69. The van der Waals surface area contributed by atoms with Gasteiger partial charge in [0.15, 0.2) is 5.11 Å². The van der Waals surface area contributed by atoms with E-state index in [1.165, 1.54) is 5.56 Å². The van der Waals surface area contributed by atoms with Gasteiger partial charge in [-0.3, -0.25) is 0 Å². The molecule has 2 rings (SSSR count). The van der Waals surface area contributed by atoms with Gasteiger partial charge in [-0.05, 0) is 53.0 Å². The Labute approximate surface area is 131 Å². The fourth-order valence-corrected chi connectivity index (χ4v) is 2.40. The van der Waals surface area contributed by atoms with E-state index in [9.17, 15) is 5.11 Å². The summed E-state index contributed by atoms with van der Waals surface area (Å²) in [7, 11) is 0. The Morgan fingerprint density at radius 2 is 2.00 bits per heavy atom. The molecule has 0 heterocycles. The lowest BCUT2D eigenvalue weighted by Gasteiger charge is -2.13. The maximum absolute atomic E-state index is 9.64. The molecule has 0 unspecified atom stereocenters. The van der Waals surface area contributed by atoms with Gasteiger partial charge >= 0.3 is 0 Å². The summed E-state index contributed by atoms with van der Waals surface area (Å²) in [5, 5.41) is 19.0. The first-order chi connectivity index (χ1) is 10.1. The van der Waals surface area contributed by atoms with Gasteiger partial charge in [0.25, 0.3) is 0 Å². The molecule has 2 aromatic rings. The molecule has 0 saturated heterocycles. The largest absolute Gasteiger partial charge is 0.508 e. The predicted octanol–water partition coefficient (Wildman–Crippen LogP) is 3.21. The van der Waals surface area contributed by atoms with Crippen molar-refractivity contribution in [1.82, 2.24) is 10.6 Å². The van der Waals surface area contributed by atoms with Crippen molar-refractivity contribution in [3.8, 4) is 5.75 Å². The second kappa shape index (κ2) is 7.27. The van der Waals surface area contributed by atoms with Gasteiger partial charge in [0.05, 0.1) is 0 Å². The van der Waals surface area contributed by atoms with Crippen molar-refractivity contribution < 1.29 is 5.11 Å². The van der Waals surface area contributed by atoms with Crippen LogP contribution in [-0.4, -0.2) is 23.3 Å². The molecule has 2 aromatic carbocycles. The van der Waals surface area contributed by atoms with Gasteiger partial charge in [-0.2, -0.15) is 0 Å². The number of hydrogen-bond donors (Lipinski definition) is 3. The van der Waals surface area contributed by atoms with Gasteiger partial charge in [-0.25, -0.2) is 0 Å². The summed E-state index contributed by atoms with van der Waals surface area (Å²) in [5.74, 6) is 0.878. The zero-order valence-electron chi connectivity index (χ0n) is 12.5. The minimum absolute atomic E-state index is 0.303. The van der Waals surface area contributed by atoms with Gasteiger partial charge in [0, 0.05) is 13.1 Å². The first-order valence-electron chi connectivity index (χ1n) is 7.28. The van der Waals surface area contributed by atoms with Crippen LogP contribution in [-0.2, 0) is 6.42 Å². The second-order valence-electron chi connectivity index (χ2n) is 5.60. The van der Waals surface area contributed by atoms with E-state index in [4.69, 9.17) is 12.2 Å². The van der Waals surface area contributed by atoms with Crippen LogP contribution < -0.4 is 10.6 Å². The Morgan fingerprint density at radius 3 is 2.76 bits per heavy atom. The van der Waals surface area contributed by atoms with E-state index < -0.39 is 0 Å². The topological polar surface area (TPSA) is 44.3 Å². The molecule has 0 amide bonds. The molecule has 0 aliphatic rings. The van der Waals surface area contributed by atoms with E-state index in [-0.39, 0.29) is 0 Å². The number of rotatable bonds is 5. The van der Waals surface area contributed by atoms with Crippen LogP contribution in [0.1, 0.15) is 19.4 Å². The SMILES string of the molecule is CC(C)CNC(=S)NCCc1cccc2ccc(O)cc12. The quantitative estimate of drug-likeness (QED) is 0.742. The molecule has 112 valence electrons. The monoisotopic (exact) mass is 302 g/mol. The maximum atomic E-state index is 9.64. The third-order valence-electron chi connectivity index (χ3n) is 3.31. The maximum Gasteiger partial charge on any atom is 0.166 e. The summed E-state index contributed by atoms with van der Waals surface area (Å²) in [6, 6.07) is 11.7. The molecule has 21 heavy (non-hydrogen) atoms. The number of phenolic OH excluding ortho intramolecular Hbond substituents is 1. The van der Waals surface area contributed by atoms with Crippen LogP contribution in [0, 0.1) is 5.92 Å². The van der Waals surface area contributed by atoms with Crippen molar-refractivity contribution in [2.24, 2.45) is 5.92 Å². The van der Waals surface area contributed by atoms with Crippen LogP contribution in [0.2, 0.25) is 0 Å². The standard InChI is InChI=1S/C17H22N2OS/c1-12(2)11-19-17(21)18-9-8-14-5-3-4-13-6-7-15(20)10-16(13)14/h3-7,10,12,20H,8-9,11H2,1-2H3,(H2,18,19,21). The molecule has 0 radical (unpaired) electrons. The lowest BCUT2D eigenvalue weighted by atomic mass is 10.0. The Balaban J connectivity index is 1.94. The third-order valence-corrected chi connectivity index (χ3v) is 3.60. The molecule has 0 aromatic heterocycles. The van der Waals surface area contributed by atoms with Gasteiger partial charge < -0.3 is 15.7 Å². The lowest BCUT2D eigenvalue weighted by Crippen LogP contribution is -2.38. The van der Waals surface area contributed by atoms with Crippen LogP contribution in [0.3, 0.4) is 0 Å². The molecular weight excluding hydrogens is 280 g/mol. The second-order valence-corrected chi connectivity index (χ2v) is 6.01. The number of aromatic hydroxyl groups is 1. The Kier molecular flexibility index (Phi) is 5.39. The summed E-state index contributed by atoms with van der Waals surface area (Å²) in [6.07, 6.45) is 0.865. The third kappa shape index (κ3) is 4.60. The van der Waals surface area contributed by atoms with Crippen molar-refractivity contribution in [3.63, 3.8) is 0 Å². The van der Waals surface area contributed by atoms with Crippen LogP contribution in [0.5, 0.6) is 5.75 Å². The number of phenols is 1. The number of nitrogens with one attached hydrogen (secondary N) is 2. The average Bonchev–Trinajstić information content (AvgIpc) is 2.45.